The fourth-order valence-electron chi connectivity index (χ4n) is 3.09. The van der Waals surface area contributed by atoms with Gasteiger partial charge in [-0.2, -0.15) is 13.2 Å². The van der Waals surface area contributed by atoms with Crippen molar-refractivity contribution < 1.29 is 32.3 Å². The van der Waals surface area contributed by atoms with Gasteiger partial charge in [0.1, 0.15) is 12.4 Å². The molecule has 0 saturated carbocycles. The van der Waals surface area contributed by atoms with E-state index in [1.165, 1.54) is 24.5 Å². The molecule has 33 heavy (non-hydrogen) atoms. The van der Waals surface area contributed by atoms with Gasteiger partial charge in [-0.1, -0.05) is 41.6 Å². The molecule has 0 fully saturated rings. The molecule has 0 amide bonds. The highest BCUT2D eigenvalue weighted by Gasteiger charge is 2.34. The maximum absolute atomic E-state index is 13.5. The van der Waals surface area contributed by atoms with E-state index in [-0.39, 0.29) is 24.4 Å². The van der Waals surface area contributed by atoms with Crippen LogP contribution < -0.4 is 5.32 Å². The standard InChI is InChI=1S/C24H23F3N2O4/c25-24(26,27)21-14-19(7-8-20(21)22-2-1-13-32-22)16-33-29-12-9-17-3-5-18(6-4-17)15-28-11-10-23(30)31/h1-8,12-14,28H,9-11,15-16H2,(H,30,31). The van der Waals surface area contributed by atoms with E-state index in [1.54, 1.807) is 12.3 Å². The number of hydrogen-bond acceptors (Lipinski definition) is 5. The number of carboxylic acid groups (broad SMARTS) is 1. The van der Waals surface area contributed by atoms with Gasteiger partial charge in [0.2, 0.25) is 0 Å². The molecule has 174 valence electrons. The van der Waals surface area contributed by atoms with Crippen LogP contribution in [-0.2, 0) is 35.4 Å². The summed E-state index contributed by atoms with van der Waals surface area (Å²) < 4.78 is 45.5. The van der Waals surface area contributed by atoms with Crippen molar-refractivity contribution >= 4 is 12.2 Å². The van der Waals surface area contributed by atoms with E-state index in [1.807, 2.05) is 24.3 Å². The number of benzene rings is 2. The first-order valence-corrected chi connectivity index (χ1v) is 10.2. The summed E-state index contributed by atoms with van der Waals surface area (Å²) in [5.41, 5.74) is 1.53. The average Bonchev–Trinajstić information content (AvgIpc) is 3.31. The van der Waals surface area contributed by atoms with Gasteiger partial charge in [0.15, 0.2) is 0 Å². The molecule has 0 radical (unpaired) electrons. The minimum absolute atomic E-state index is 0.0275. The summed E-state index contributed by atoms with van der Waals surface area (Å²) in [6.45, 7) is 0.874. The van der Waals surface area contributed by atoms with Crippen molar-refractivity contribution in [2.75, 3.05) is 6.54 Å². The van der Waals surface area contributed by atoms with Gasteiger partial charge in [-0.05, 0) is 34.9 Å². The third-order valence-electron chi connectivity index (χ3n) is 4.75. The molecule has 3 aromatic rings. The Hall–Kier alpha value is -3.59. The van der Waals surface area contributed by atoms with Gasteiger partial charge in [-0.3, -0.25) is 4.79 Å². The third kappa shape index (κ3) is 7.50. The number of aliphatic carboxylic acids is 1. The van der Waals surface area contributed by atoms with Crippen LogP contribution in [0.1, 0.15) is 28.7 Å². The van der Waals surface area contributed by atoms with Crippen LogP contribution in [0.4, 0.5) is 13.2 Å². The summed E-state index contributed by atoms with van der Waals surface area (Å²) in [6.07, 6.45) is -1.09. The van der Waals surface area contributed by atoms with Crippen LogP contribution >= 0.6 is 0 Å². The number of halogens is 3. The molecule has 0 aliphatic carbocycles. The maximum atomic E-state index is 13.5. The Balaban J connectivity index is 1.49. The fourth-order valence-corrected chi connectivity index (χ4v) is 3.09. The van der Waals surface area contributed by atoms with E-state index >= 15 is 0 Å². The van der Waals surface area contributed by atoms with E-state index in [0.717, 1.165) is 17.2 Å². The molecule has 0 aliphatic heterocycles. The number of rotatable bonds is 11. The number of alkyl halides is 3. The zero-order valence-corrected chi connectivity index (χ0v) is 17.6. The van der Waals surface area contributed by atoms with Crippen molar-refractivity contribution in [1.29, 1.82) is 0 Å². The maximum Gasteiger partial charge on any atom is 0.417 e. The molecule has 0 atom stereocenters. The van der Waals surface area contributed by atoms with Crippen LogP contribution in [0.25, 0.3) is 11.3 Å². The number of hydrogen-bond donors (Lipinski definition) is 2. The van der Waals surface area contributed by atoms with Crippen molar-refractivity contribution in [3.8, 4) is 11.3 Å². The number of nitrogens with one attached hydrogen (secondary N) is 1. The zero-order chi connectivity index (χ0) is 23.7. The van der Waals surface area contributed by atoms with Crippen molar-refractivity contribution in [3.05, 3.63) is 83.1 Å². The van der Waals surface area contributed by atoms with Crippen LogP contribution in [-0.4, -0.2) is 23.8 Å². The molecular formula is C24H23F3N2O4. The topological polar surface area (TPSA) is 84.1 Å². The average molecular weight is 460 g/mol. The first kappa shape index (κ1) is 24.1. The van der Waals surface area contributed by atoms with E-state index in [2.05, 4.69) is 10.5 Å². The normalized spacial score (nSPS) is 11.7. The summed E-state index contributed by atoms with van der Waals surface area (Å²) in [5.74, 6) is -0.694. The second-order valence-electron chi connectivity index (χ2n) is 7.26. The minimum Gasteiger partial charge on any atom is -0.481 e. The zero-order valence-electron chi connectivity index (χ0n) is 17.6. The largest absolute Gasteiger partial charge is 0.481 e. The smallest absolute Gasteiger partial charge is 0.417 e. The van der Waals surface area contributed by atoms with E-state index < -0.39 is 17.7 Å². The number of oxime groups is 1. The van der Waals surface area contributed by atoms with E-state index in [0.29, 0.717) is 25.1 Å². The molecule has 6 nitrogen and oxygen atoms in total. The number of nitrogens with zero attached hydrogens (tertiary/aromatic N) is 1. The lowest BCUT2D eigenvalue weighted by molar-refractivity contribution is -0.138. The first-order valence-electron chi connectivity index (χ1n) is 10.2. The Morgan fingerprint density at radius 3 is 2.48 bits per heavy atom. The molecule has 0 saturated heterocycles. The Kier molecular flexibility index (Phi) is 8.26. The molecule has 1 aromatic heterocycles. The van der Waals surface area contributed by atoms with E-state index in [4.69, 9.17) is 14.4 Å². The monoisotopic (exact) mass is 460 g/mol. The molecule has 3 rings (SSSR count). The first-order chi connectivity index (χ1) is 15.8. The van der Waals surface area contributed by atoms with Gasteiger partial charge >= 0.3 is 12.1 Å². The molecule has 9 heteroatoms. The lowest BCUT2D eigenvalue weighted by atomic mass is 10.0. The summed E-state index contributed by atoms with van der Waals surface area (Å²) >= 11 is 0. The Morgan fingerprint density at radius 2 is 1.82 bits per heavy atom. The molecule has 2 N–H and O–H groups in total. The van der Waals surface area contributed by atoms with Crippen LogP contribution in [0.2, 0.25) is 0 Å². The van der Waals surface area contributed by atoms with Gasteiger partial charge in [0.25, 0.3) is 0 Å². The molecule has 0 unspecified atom stereocenters. The van der Waals surface area contributed by atoms with Gasteiger partial charge in [0, 0.05) is 31.3 Å². The summed E-state index contributed by atoms with van der Waals surface area (Å²) in [4.78, 5) is 15.7. The SMILES string of the molecule is O=C(O)CCNCc1ccc(CC=NOCc2ccc(-c3ccco3)c(C(F)(F)F)c2)cc1. The van der Waals surface area contributed by atoms with Crippen molar-refractivity contribution in [2.45, 2.75) is 32.2 Å². The quantitative estimate of drug-likeness (QED) is 0.231. The Morgan fingerprint density at radius 1 is 1.09 bits per heavy atom. The molecule has 0 bridgehead atoms. The molecule has 0 aliphatic rings. The minimum atomic E-state index is -4.53. The van der Waals surface area contributed by atoms with Crippen molar-refractivity contribution in [1.82, 2.24) is 5.32 Å². The molecular weight excluding hydrogens is 437 g/mol. The van der Waals surface area contributed by atoms with Gasteiger partial charge < -0.3 is 19.7 Å². The van der Waals surface area contributed by atoms with Crippen LogP contribution in [0, 0.1) is 0 Å². The van der Waals surface area contributed by atoms with Crippen LogP contribution in [0.15, 0.2) is 70.4 Å². The summed E-state index contributed by atoms with van der Waals surface area (Å²) in [6, 6.07) is 14.7. The van der Waals surface area contributed by atoms with Crippen LogP contribution in [0.3, 0.4) is 0 Å². The predicted octanol–water partition coefficient (Wildman–Crippen LogP) is 5.27. The highest BCUT2D eigenvalue weighted by Crippen LogP contribution is 2.38. The number of carbonyl (C=O) groups is 1. The second kappa shape index (κ2) is 11.3. The van der Waals surface area contributed by atoms with Gasteiger partial charge in [0.05, 0.1) is 18.2 Å². The van der Waals surface area contributed by atoms with E-state index in [9.17, 15) is 18.0 Å². The highest BCUT2D eigenvalue weighted by molar-refractivity contribution is 5.66. The Bertz CT molecular complexity index is 1060. The van der Waals surface area contributed by atoms with Gasteiger partial charge in [-0.15, -0.1) is 0 Å². The molecule has 2 aromatic carbocycles. The summed E-state index contributed by atoms with van der Waals surface area (Å²) in [5, 5.41) is 15.5. The lowest BCUT2D eigenvalue weighted by Crippen LogP contribution is -2.17. The number of carboxylic acids is 1. The van der Waals surface area contributed by atoms with Crippen molar-refractivity contribution in [3.63, 3.8) is 0 Å². The molecule has 1 heterocycles. The second-order valence-corrected chi connectivity index (χ2v) is 7.26. The highest BCUT2D eigenvalue weighted by atomic mass is 19.4. The van der Waals surface area contributed by atoms with Crippen molar-refractivity contribution in [2.24, 2.45) is 5.16 Å². The van der Waals surface area contributed by atoms with Crippen LogP contribution in [0.5, 0.6) is 0 Å². The Labute approximate surface area is 188 Å². The lowest BCUT2D eigenvalue weighted by Gasteiger charge is -2.13. The number of furan rings is 1. The van der Waals surface area contributed by atoms with Gasteiger partial charge in [-0.25, -0.2) is 0 Å². The third-order valence-corrected chi connectivity index (χ3v) is 4.75. The molecule has 0 spiro atoms. The fraction of sp³-hybridized carbons (Fsp3) is 0.250. The summed E-state index contributed by atoms with van der Waals surface area (Å²) in [7, 11) is 0. The predicted molar refractivity (Wildman–Crippen MR) is 117 cm³/mol.